The minimum absolute atomic E-state index is 0. The summed E-state index contributed by atoms with van der Waals surface area (Å²) in [5.41, 5.74) is 1.99. The SMILES string of the molecule is C.C=C[Si](C)(C)O[Si](C)(C)C.CCC[Si](C)(C)O[Si](C)(C)CC[Si](C)(C)O[Si](C)(O[Si](C)(C)C)O[Si](C)(C)CC[Si](C)(C)O[Si](C)(C)CCC. The van der Waals surface area contributed by atoms with Crippen LogP contribution in [0.15, 0.2) is 12.3 Å². The van der Waals surface area contributed by atoms with Crippen molar-refractivity contribution >= 4 is 83.7 Å². The van der Waals surface area contributed by atoms with E-state index in [1.54, 1.807) is 0 Å². The summed E-state index contributed by atoms with van der Waals surface area (Å²) in [4.78, 5) is 0. The fourth-order valence-corrected chi connectivity index (χ4v) is 53.9. The zero-order valence-electron chi connectivity index (χ0n) is 37.4. The molecule has 0 rings (SSSR count). The van der Waals surface area contributed by atoms with Gasteiger partial charge in [-0.1, -0.05) is 39.8 Å². The van der Waals surface area contributed by atoms with Crippen LogP contribution in [0.3, 0.4) is 0 Å². The molecule has 0 aromatic rings. The van der Waals surface area contributed by atoms with Crippen LogP contribution < -0.4 is 0 Å². The molecule has 0 aromatic carbocycles. The molecule has 16 heteroatoms. The Balaban J connectivity index is -0.00000173. The maximum absolute atomic E-state index is 7.12. The lowest BCUT2D eigenvalue weighted by Gasteiger charge is -2.44. The highest BCUT2D eigenvalue weighted by atomic mass is 28.5. The van der Waals surface area contributed by atoms with Crippen LogP contribution in [0.2, 0.25) is 174 Å². The summed E-state index contributed by atoms with van der Waals surface area (Å²) in [6.07, 6.45) is 2.43. The first-order chi connectivity index (χ1) is 21.3. The Kier molecular flexibility index (Phi) is 23.8. The van der Waals surface area contributed by atoms with Crippen molar-refractivity contribution in [3.8, 4) is 0 Å². The third kappa shape index (κ3) is 30.0. The van der Waals surface area contributed by atoms with Crippen molar-refractivity contribution < 1.29 is 24.7 Å². The van der Waals surface area contributed by atoms with Gasteiger partial charge in [0.1, 0.15) is 0 Å². The Morgan fingerprint density at radius 1 is 0.360 bits per heavy atom. The molecular formula is C34H92O6Si10. The first kappa shape index (κ1) is 56.0. The van der Waals surface area contributed by atoms with E-state index < -0.39 is 83.7 Å². The summed E-state index contributed by atoms with van der Waals surface area (Å²) < 4.78 is 40.8. The second-order valence-corrected chi connectivity index (χ2v) is 63.4. The predicted molar refractivity (Wildman–Crippen MR) is 254 cm³/mol. The summed E-state index contributed by atoms with van der Waals surface area (Å²) in [6.45, 7) is 57.0. The Morgan fingerprint density at radius 3 is 0.800 bits per heavy atom. The number of hydrogen-bond acceptors (Lipinski definition) is 6. The van der Waals surface area contributed by atoms with Crippen LogP contribution in [0, 0.1) is 0 Å². The molecule has 0 atom stereocenters. The molecule has 0 aliphatic rings. The highest BCUT2D eigenvalue weighted by Crippen LogP contribution is 2.34. The average Bonchev–Trinajstić information content (AvgIpc) is 2.77. The molecule has 6 nitrogen and oxygen atoms in total. The zero-order chi connectivity index (χ0) is 39.6. The van der Waals surface area contributed by atoms with E-state index in [4.69, 9.17) is 24.7 Å². The molecule has 0 aromatic heterocycles. The van der Waals surface area contributed by atoms with Gasteiger partial charge < -0.3 is 24.7 Å². The second kappa shape index (κ2) is 21.3. The van der Waals surface area contributed by atoms with Crippen molar-refractivity contribution in [3.63, 3.8) is 0 Å². The van der Waals surface area contributed by atoms with E-state index in [0.29, 0.717) is 0 Å². The molecule has 0 N–H and O–H groups in total. The van der Waals surface area contributed by atoms with Gasteiger partial charge in [0.2, 0.25) is 0 Å². The lowest BCUT2D eigenvalue weighted by molar-refractivity contribution is 0.259. The zero-order valence-corrected chi connectivity index (χ0v) is 47.4. The topological polar surface area (TPSA) is 55.4 Å². The molecule has 0 saturated heterocycles. The van der Waals surface area contributed by atoms with Gasteiger partial charge in [-0.05, 0) is 167 Å². The van der Waals surface area contributed by atoms with Gasteiger partial charge in [-0.25, -0.2) is 0 Å². The maximum atomic E-state index is 7.12. The molecule has 0 heterocycles. The normalized spacial score (nSPS) is 14.5. The molecular weight excluding hydrogens is 785 g/mol. The van der Waals surface area contributed by atoms with E-state index in [0.717, 1.165) is 24.2 Å². The van der Waals surface area contributed by atoms with Gasteiger partial charge in [0.15, 0.2) is 74.9 Å². The van der Waals surface area contributed by atoms with E-state index in [1.165, 1.54) is 24.9 Å². The molecule has 0 radical (unpaired) electrons. The summed E-state index contributed by atoms with van der Waals surface area (Å²) in [5.74, 6) is 0. The minimum atomic E-state index is -2.82. The van der Waals surface area contributed by atoms with Crippen molar-refractivity contribution in [1.82, 2.24) is 0 Å². The first-order valence-electron chi connectivity index (χ1n) is 19.2. The van der Waals surface area contributed by atoms with Gasteiger partial charge in [-0.3, -0.25) is 0 Å². The highest BCUT2D eigenvalue weighted by Gasteiger charge is 2.49. The van der Waals surface area contributed by atoms with Crippen LogP contribution in [-0.2, 0) is 24.7 Å². The molecule has 0 bridgehead atoms. The van der Waals surface area contributed by atoms with Gasteiger partial charge in [-0.15, -0.1) is 6.58 Å². The fraction of sp³-hybridized carbons (Fsp3) is 0.941. The minimum Gasteiger partial charge on any atom is -0.456 e. The first-order valence-corrected chi connectivity index (χ1v) is 49.9. The highest BCUT2D eigenvalue weighted by molar-refractivity contribution is 6.92. The molecule has 0 aliphatic heterocycles. The van der Waals surface area contributed by atoms with Crippen molar-refractivity contribution in [3.05, 3.63) is 12.3 Å². The molecule has 0 spiro atoms. The van der Waals surface area contributed by atoms with E-state index >= 15 is 0 Å². The summed E-state index contributed by atoms with van der Waals surface area (Å²) in [6, 6.07) is 7.00. The maximum Gasteiger partial charge on any atom is 0.466 e. The van der Waals surface area contributed by atoms with Crippen LogP contribution in [0.4, 0.5) is 0 Å². The van der Waals surface area contributed by atoms with Crippen molar-refractivity contribution in [2.75, 3.05) is 0 Å². The van der Waals surface area contributed by atoms with E-state index in [1.807, 2.05) is 5.70 Å². The van der Waals surface area contributed by atoms with Gasteiger partial charge in [-0.2, -0.15) is 0 Å². The number of hydrogen-bond donors (Lipinski definition) is 0. The fourth-order valence-electron chi connectivity index (χ4n) is 6.66. The monoisotopic (exact) mass is 876 g/mol. The molecule has 0 unspecified atom stereocenters. The van der Waals surface area contributed by atoms with Crippen molar-refractivity contribution in [2.45, 2.75) is 208 Å². The quantitative estimate of drug-likeness (QED) is 0.0953. The van der Waals surface area contributed by atoms with Crippen LogP contribution >= 0.6 is 0 Å². The third-order valence-corrected chi connectivity index (χ3v) is 43.9. The van der Waals surface area contributed by atoms with Crippen molar-refractivity contribution in [2.24, 2.45) is 0 Å². The van der Waals surface area contributed by atoms with Gasteiger partial charge in [0.05, 0.1) is 0 Å². The lowest BCUT2D eigenvalue weighted by Crippen LogP contribution is -2.60. The smallest absolute Gasteiger partial charge is 0.456 e. The van der Waals surface area contributed by atoms with Crippen LogP contribution in [0.25, 0.3) is 0 Å². The van der Waals surface area contributed by atoms with Gasteiger partial charge >= 0.3 is 8.80 Å². The standard InChI is InChI=1S/C26H70O5Si8.C7H18OSi2.CH4/c1-19-21-33(6,7)28-35(10,11)23-25-37(14,15)30-39(18,27-32(3,4)5)31-38(16,17)26-24-36(12,13)29-34(8,9)22-20-2;1-7-10(5,6)8-9(2,3)4;/h19-26H2,1-18H3;7H,1H2,2-6H3;1H4. The Hall–Kier alpha value is 1.67. The largest absolute Gasteiger partial charge is 0.466 e. The van der Waals surface area contributed by atoms with Gasteiger partial charge in [0, 0.05) is 6.55 Å². The average molecular weight is 878 g/mol. The van der Waals surface area contributed by atoms with Crippen molar-refractivity contribution in [1.29, 1.82) is 0 Å². The summed E-state index contributed by atoms with van der Waals surface area (Å²) >= 11 is 0. The molecule has 50 heavy (non-hydrogen) atoms. The molecule has 0 fully saturated rings. The van der Waals surface area contributed by atoms with E-state index in [9.17, 15) is 0 Å². The second-order valence-electron chi connectivity index (χ2n) is 20.6. The molecule has 0 aliphatic carbocycles. The Labute approximate surface area is 326 Å². The number of rotatable bonds is 23. The summed E-state index contributed by atoms with van der Waals surface area (Å²) in [5, 5.41) is 0. The van der Waals surface area contributed by atoms with E-state index in [-0.39, 0.29) is 7.43 Å². The Bertz CT molecular complexity index is 925. The summed E-state index contributed by atoms with van der Waals surface area (Å²) in [7, 11) is -18.2. The third-order valence-electron chi connectivity index (χ3n) is 7.94. The van der Waals surface area contributed by atoms with Gasteiger partial charge in [0.25, 0.3) is 0 Å². The van der Waals surface area contributed by atoms with E-state index in [2.05, 4.69) is 158 Å². The predicted octanol–water partition coefficient (Wildman–Crippen LogP) is 13.9. The molecule has 0 saturated carbocycles. The molecule has 0 amide bonds. The molecule has 304 valence electrons. The Morgan fingerprint density at radius 2 is 0.600 bits per heavy atom. The van der Waals surface area contributed by atoms with Crippen LogP contribution in [0.1, 0.15) is 34.1 Å². The van der Waals surface area contributed by atoms with Crippen LogP contribution in [0.5, 0.6) is 0 Å². The lowest BCUT2D eigenvalue weighted by atomic mass is 10.6. The van der Waals surface area contributed by atoms with Crippen LogP contribution in [-0.4, -0.2) is 83.7 Å².